The fourth-order valence-corrected chi connectivity index (χ4v) is 3.25. The monoisotopic (exact) mass is 276 g/mol. The molecule has 0 aliphatic carbocycles. The maximum Gasteiger partial charge on any atom is 0.228 e. The Morgan fingerprint density at radius 3 is 1.95 bits per heavy atom. The van der Waals surface area contributed by atoms with Crippen LogP contribution in [0.1, 0.15) is 0 Å². The molecule has 0 aliphatic heterocycles. The Bertz CT molecular complexity index is 768. The SMILES string of the molecule is [C-]#[N+]c1c(N)sc(-c2ccccc2)c1-c1ccccc1. The van der Waals surface area contributed by atoms with E-state index in [1.807, 2.05) is 60.7 Å². The molecule has 20 heavy (non-hydrogen) atoms. The molecule has 2 aromatic carbocycles. The minimum atomic E-state index is 0.556. The highest BCUT2D eigenvalue weighted by Gasteiger charge is 2.18. The predicted octanol–water partition coefficient (Wildman–Crippen LogP) is 5.22. The lowest BCUT2D eigenvalue weighted by Crippen LogP contribution is -1.80. The largest absolute Gasteiger partial charge is 0.399 e. The molecule has 2 nitrogen and oxygen atoms in total. The summed E-state index contributed by atoms with van der Waals surface area (Å²) in [5, 5.41) is 0.581. The molecule has 2 N–H and O–H groups in total. The van der Waals surface area contributed by atoms with Crippen molar-refractivity contribution in [3.8, 4) is 21.6 Å². The van der Waals surface area contributed by atoms with Crippen molar-refractivity contribution in [2.75, 3.05) is 5.73 Å². The van der Waals surface area contributed by atoms with Gasteiger partial charge in [0.05, 0.1) is 11.6 Å². The van der Waals surface area contributed by atoms with E-state index >= 15 is 0 Å². The standard InChI is InChI=1S/C17H12N2S/c1-19-15-14(12-8-4-2-5-9-12)16(20-17(15)18)13-10-6-3-7-11-13/h2-11H,18H2. The number of thiophene rings is 1. The third-order valence-corrected chi connectivity index (χ3v) is 4.18. The minimum absolute atomic E-state index is 0.556. The Hall–Kier alpha value is -2.57. The van der Waals surface area contributed by atoms with Gasteiger partial charge in [-0.2, -0.15) is 0 Å². The van der Waals surface area contributed by atoms with E-state index in [2.05, 4.69) is 4.85 Å². The number of rotatable bonds is 2. The first-order valence-electron chi connectivity index (χ1n) is 6.22. The average Bonchev–Trinajstić information content (AvgIpc) is 2.85. The molecule has 0 radical (unpaired) electrons. The third-order valence-electron chi connectivity index (χ3n) is 3.12. The van der Waals surface area contributed by atoms with Gasteiger partial charge in [-0.3, -0.25) is 0 Å². The molecule has 0 aliphatic rings. The fraction of sp³-hybridized carbons (Fsp3) is 0. The number of nitrogens with two attached hydrogens (primary N) is 1. The Kier molecular flexibility index (Phi) is 3.24. The second-order valence-electron chi connectivity index (χ2n) is 4.36. The molecule has 0 unspecified atom stereocenters. The Labute approximate surface area is 121 Å². The fourth-order valence-electron chi connectivity index (χ4n) is 2.22. The maximum atomic E-state index is 7.40. The van der Waals surface area contributed by atoms with E-state index in [0.29, 0.717) is 10.7 Å². The van der Waals surface area contributed by atoms with Crippen LogP contribution in [0.4, 0.5) is 10.7 Å². The molecule has 3 aromatic rings. The molecule has 0 saturated carbocycles. The molecule has 1 heterocycles. The minimum Gasteiger partial charge on any atom is -0.399 e. The van der Waals surface area contributed by atoms with Crippen LogP contribution in [0.2, 0.25) is 0 Å². The van der Waals surface area contributed by atoms with Gasteiger partial charge in [-0.15, -0.1) is 11.3 Å². The molecule has 96 valence electrons. The number of nitrogens with zero attached hydrogens (tertiary/aromatic N) is 1. The molecule has 3 heteroatoms. The maximum absolute atomic E-state index is 7.40. The number of nitrogen functional groups attached to an aromatic ring is 1. The first-order valence-corrected chi connectivity index (χ1v) is 7.03. The van der Waals surface area contributed by atoms with Crippen LogP contribution < -0.4 is 5.73 Å². The number of hydrogen-bond acceptors (Lipinski definition) is 2. The van der Waals surface area contributed by atoms with Gasteiger partial charge in [0, 0.05) is 10.4 Å². The molecule has 0 atom stereocenters. The zero-order valence-corrected chi connectivity index (χ0v) is 11.5. The number of anilines is 1. The van der Waals surface area contributed by atoms with Crippen LogP contribution in [0.3, 0.4) is 0 Å². The molecule has 0 bridgehead atoms. The van der Waals surface area contributed by atoms with Crippen molar-refractivity contribution < 1.29 is 0 Å². The topological polar surface area (TPSA) is 30.4 Å². The van der Waals surface area contributed by atoms with Crippen molar-refractivity contribution in [1.29, 1.82) is 0 Å². The van der Waals surface area contributed by atoms with Crippen LogP contribution in [-0.2, 0) is 0 Å². The van der Waals surface area contributed by atoms with E-state index in [0.717, 1.165) is 21.6 Å². The average molecular weight is 276 g/mol. The molecular formula is C17H12N2S. The van der Waals surface area contributed by atoms with Crippen LogP contribution in [-0.4, -0.2) is 0 Å². The van der Waals surface area contributed by atoms with Gasteiger partial charge in [0.25, 0.3) is 0 Å². The van der Waals surface area contributed by atoms with Crippen LogP contribution in [0.15, 0.2) is 60.7 Å². The Morgan fingerprint density at radius 2 is 1.40 bits per heavy atom. The summed E-state index contributed by atoms with van der Waals surface area (Å²) in [7, 11) is 0. The third kappa shape index (κ3) is 2.07. The van der Waals surface area contributed by atoms with Crippen molar-refractivity contribution in [1.82, 2.24) is 0 Å². The number of benzene rings is 2. The highest BCUT2D eigenvalue weighted by Crippen LogP contribution is 2.49. The highest BCUT2D eigenvalue weighted by molar-refractivity contribution is 7.20. The van der Waals surface area contributed by atoms with Crippen molar-refractivity contribution in [2.45, 2.75) is 0 Å². The summed E-state index contributed by atoms with van der Waals surface area (Å²) in [6, 6.07) is 20.0. The first kappa shape index (κ1) is 12.5. The van der Waals surface area contributed by atoms with Gasteiger partial charge in [0.1, 0.15) is 0 Å². The van der Waals surface area contributed by atoms with Gasteiger partial charge < -0.3 is 5.73 Å². The van der Waals surface area contributed by atoms with Crippen LogP contribution in [0.25, 0.3) is 26.4 Å². The second-order valence-corrected chi connectivity index (χ2v) is 5.42. The van der Waals surface area contributed by atoms with Crippen LogP contribution >= 0.6 is 11.3 Å². The smallest absolute Gasteiger partial charge is 0.228 e. The second kappa shape index (κ2) is 5.20. The van der Waals surface area contributed by atoms with Crippen molar-refractivity contribution in [3.63, 3.8) is 0 Å². The summed E-state index contributed by atoms with van der Waals surface area (Å²) >= 11 is 1.48. The molecule has 0 spiro atoms. The van der Waals surface area contributed by atoms with E-state index in [-0.39, 0.29) is 0 Å². The lowest BCUT2D eigenvalue weighted by molar-refractivity contribution is 1.65. The molecule has 0 amide bonds. The van der Waals surface area contributed by atoms with Gasteiger partial charge >= 0.3 is 0 Å². The van der Waals surface area contributed by atoms with Crippen molar-refractivity contribution in [3.05, 3.63) is 72.1 Å². The normalized spacial score (nSPS) is 10.2. The highest BCUT2D eigenvalue weighted by atomic mass is 32.1. The van der Waals surface area contributed by atoms with Crippen molar-refractivity contribution >= 4 is 22.0 Å². The van der Waals surface area contributed by atoms with E-state index in [4.69, 9.17) is 12.3 Å². The van der Waals surface area contributed by atoms with E-state index in [1.165, 1.54) is 11.3 Å². The first-order chi connectivity index (χ1) is 9.81. The summed E-state index contributed by atoms with van der Waals surface area (Å²) in [4.78, 5) is 4.68. The quantitative estimate of drug-likeness (QED) is 0.639. The number of hydrogen-bond donors (Lipinski definition) is 1. The predicted molar refractivity (Wildman–Crippen MR) is 85.9 cm³/mol. The zero-order valence-electron chi connectivity index (χ0n) is 10.7. The van der Waals surface area contributed by atoms with E-state index < -0.39 is 0 Å². The zero-order chi connectivity index (χ0) is 13.9. The van der Waals surface area contributed by atoms with Crippen LogP contribution in [0, 0.1) is 6.57 Å². The Morgan fingerprint density at radius 1 is 0.850 bits per heavy atom. The lowest BCUT2D eigenvalue weighted by atomic mass is 10.0. The molecule has 0 fully saturated rings. The van der Waals surface area contributed by atoms with Gasteiger partial charge in [0.2, 0.25) is 5.69 Å². The molecular weight excluding hydrogens is 264 g/mol. The van der Waals surface area contributed by atoms with Crippen molar-refractivity contribution in [2.24, 2.45) is 0 Å². The summed E-state index contributed by atoms with van der Waals surface area (Å²) in [5.74, 6) is 0. The summed E-state index contributed by atoms with van der Waals surface area (Å²) in [5.41, 5.74) is 9.65. The lowest BCUT2D eigenvalue weighted by Gasteiger charge is -2.05. The summed E-state index contributed by atoms with van der Waals surface area (Å²) in [6.45, 7) is 7.40. The molecule has 1 aromatic heterocycles. The summed E-state index contributed by atoms with van der Waals surface area (Å²) in [6.07, 6.45) is 0. The van der Waals surface area contributed by atoms with E-state index in [9.17, 15) is 0 Å². The van der Waals surface area contributed by atoms with Gasteiger partial charge in [0.15, 0.2) is 0 Å². The molecule has 3 rings (SSSR count). The van der Waals surface area contributed by atoms with Gasteiger partial charge in [-0.1, -0.05) is 60.7 Å². The summed E-state index contributed by atoms with van der Waals surface area (Å²) < 4.78 is 0. The Balaban J connectivity index is 2.30. The van der Waals surface area contributed by atoms with Gasteiger partial charge in [-0.05, 0) is 11.1 Å². The van der Waals surface area contributed by atoms with Crippen LogP contribution in [0.5, 0.6) is 0 Å². The van der Waals surface area contributed by atoms with E-state index in [1.54, 1.807) is 0 Å². The van der Waals surface area contributed by atoms with Gasteiger partial charge in [-0.25, -0.2) is 4.85 Å². The molecule has 0 saturated heterocycles.